The van der Waals surface area contributed by atoms with Gasteiger partial charge in [0.1, 0.15) is 18.0 Å². The Bertz CT molecular complexity index is 1180. The maximum absolute atomic E-state index is 14.4. The molecule has 0 saturated carbocycles. The Morgan fingerprint density at radius 3 is 2.61 bits per heavy atom. The molecule has 2 aromatic rings. The molecule has 1 aliphatic heterocycles. The van der Waals surface area contributed by atoms with Crippen molar-refractivity contribution in [2.24, 2.45) is 0 Å². The van der Waals surface area contributed by atoms with Crippen molar-refractivity contribution in [3.63, 3.8) is 0 Å². The van der Waals surface area contributed by atoms with Crippen molar-refractivity contribution in [1.29, 1.82) is 0 Å². The molecule has 0 spiro atoms. The van der Waals surface area contributed by atoms with Crippen molar-refractivity contribution in [1.82, 2.24) is 10.2 Å². The molecule has 4 rings (SSSR count). The van der Waals surface area contributed by atoms with E-state index >= 15 is 0 Å². The molecule has 10 heteroatoms. The topological polar surface area (TPSA) is 129 Å². The van der Waals surface area contributed by atoms with Gasteiger partial charge in [0.15, 0.2) is 11.5 Å². The molecule has 4 atom stereocenters. The number of amides is 2. The molecule has 2 aliphatic rings. The number of carbonyl (C=O) groups excluding carboxylic acids is 2. The van der Waals surface area contributed by atoms with Crippen LogP contribution in [0.25, 0.3) is 0 Å². The smallest absolute Gasteiger partial charge is 0.247 e. The number of ether oxygens (including phenoxy) is 2. The molecule has 1 heterocycles. The van der Waals surface area contributed by atoms with Crippen molar-refractivity contribution in [2.75, 3.05) is 20.3 Å². The molecule has 1 aliphatic carbocycles. The van der Waals surface area contributed by atoms with E-state index in [1.54, 1.807) is 24.3 Å². The van der Waals surface area contributed by atoms with Crippen molar-refractivity contribution in [3.05, 3.63) is 70.6 Å². The molecule has 0 radical (unpaired) electrons. The Hall–Kier alpha value is -3.47. The van der Waals surface area contributed by atoms with Gasteiger partial charge in [-0.3, -0.25) is 9.59 Å². The van der Waals surface area contributed by atoms with Gasteiger partial charge >= 0.3 is 0 Å². The van der Waals surface area contributed by atoms with E-state index in [1.807, 2.05) is 0 Å². The summed E-state index contributed by atoms with van der Waals surface area (Å²) in [4.78, 5) is 27.2. The second-order valence-corrected chi connectivity index (χ2v) is 8.76. The van der Waals surface area contributed by atoms with Crippen molar-refractivity contribution >= 4 is 11.8 Å². The van der Waals surface area contributed by atoms with Crippen LogP contribution in [0.1, 0.15) is 29.5 Å². The molecule has 2 amide bonds. The van der Waals surface area contributed by atoms with E-state index in [0.29, 0.717) is 22.6 Å². The fourth-order valence-corrected chi connectivity index (χ4v) is 4.86. The SMILES string of the molecule is COc1cc(CO)cc2c1O[C@@H]1[C@@H](O)[C@H](N(Cc3ccccc3F)C(C)=O)C=C(C(=O)NCCO)[C@H]21. The largest absolute Gasteiger partial charge is 0.493 e. The Morgan fingerprint density at radius 2 is 1.97 bits per heavy atom. The fraction of sp³-hybridized carbons (Fsp3) is 0.385. The van der Waals surface area contributed by atoms with Gasteiger partial charge in [-0.05, 0) is 29.8 Å². The minimum Gasteiger partial charge on any atom is -0.493 e. The van der Waals surface area contributed by atoms with Crippen LogP contribution in [0.3, 0.4) is 0 Å². The van der Waals surface area contributed by atoms with Gasteiger partial charge in [0, 0.05) is 36.7 Å². The number of methoxy groups -OCH3 is 1. The summed E-state index contributed by atoms with van der Waals surface area (Å²) in [6, 6.07) is 8.31. The number of aliphatic hydroxyl groups is 3. The van der Waals surface area contributed by atoms with Crippen LogP contribution in [0.4, 0.5) is 4.39 Å². The van der Waals surface area contributed by atoms with Crippen LogP contribution < -0.4 is 14.8 Å². The van der Waals surface area contributed by atoms with E-state index in [1.165, 1.54) is 37.1 Å². The Kier molecular flexibility index (Phi) is 7.58. The first-order valence-electron chi connectivity index (χ1n) is 11.6. The molecule has 0 fully saturated rings. The second kappa shape index (κ2) is 10.7. The maximum atomic E-state index is 14.4. The third kappa shape index (κ3) is 4.67. The monoisotopic (exact) mass is 500 g/mol. The van der Waals surface area contributed by atoms with Crippen LogP contribution in [-0.2, 0) is 22.7 Å². The minimum absolute atomic E-state index is 0.000143. The number of nitrogens with one attached hydrogen (secondary N) is 1. The quantitative estimate of drug-likeness (QED) is 0.426. The van der Waals surface area contributed by atoms with Crippen LogP contribution >= 0.6 is 0 Å². The highest BCUT2D eigenvalue weighted by atomic mass is 19.1. The van der Waals surface area contributed by atoms with Crippen molar-refractivity contribution < 1.29 is 38.8 Å². The van der Waals surface area contributed by atoms with Crippen LogP contribution in [-0.4, -0.2) is 70.5 Å². The van der Waals surface area contributed by atoms with E-state index in [-0.39, 0.29) is 37.4 Å². The van der Waals surface area contributed by atoms with Gasteiger partial charge in [-0.2, -0.15) is 0 Å². The highest BCUT2D eigenvalue weighted by Gasteiger charge is 2.51. The minimum atomic E-state index is -1.27. The average molecular weight is 501 g/mol. The average Bonchev–Trinajstić information content (AvgIpc) is 3.26. The highest BCUT2D eigenvalue weighted by Crippen LogP contribution is 2.51. The van der Waals surface area contributed by atoms with Crippen LogP contribution in [0, 0.1) is 5.82 Å². The summed E-state index contributed by atoms with van der Waals surface area (Å²) in [5.41, 5.74) is 1.56. The zero-order valence-corrected chi connectivity index (χ0v) is 20.0. The van der Waals surface area contributed by atoms with Gasteiger partial charge < -0.3 is 35.0 Å². The number of carbonyl (C=O) groups is 2. The molecular weight excluding hydrogens is 471 g/mol. The van der Waals surface area contributed by atoms with Gasteiger partial charge in [0.05, 0.1) is 32.3 Å². The number of hydrogen-bond donors (Lipinski definition) is 4. The third-order valence-electron chi connectivity index (χ3n) is 6.56. The third-order valence-corrected chi connectivity index (χ3v) is 6.56. The van der Waals surface area contributed by atoms with Crippen LogP contribution in [0.2, 0.25) is 0 Å². The molecular formula is C26H29FN2O7. The number of fused-ring (bicyclic) bond motifs is 3. The summed E-state index contributed by atoms with van der Waals surface area (Å²) in [7, 11) is 1.44. The van der Waals surface area contributed by atoms with E-state index in [0.717, 1.165) is 0 Å². The van der Waals surface area contributed by atoms with E-state index in [9.17, 15) is 29.3 Å². The number of halogens is 1. The molecule has 9 nitrogen and oxygen atoms in total. The first kappa shape index (κ1) is 25.6. The molecule has 192 valence electrons. The van der Waals surface area contributed by atoms with Crippen LogP contribution in [0.15, 0.2) is 48.0 Å². The lowest BCUT2D eigenvalue weighted by Gasteiger charge is -2.40. The molecule has 36 heavy (non-hydrogen) atoms. The first-order chi connectivity index (χ1) is 17.3. The maximum Gasteiger partial charge on any atom is 0.247 e. The van der Waals surface area contributed by atoms with Crippen molar-refractivity contribution in [3.8, 4) is 11.5 Å². The molecule has 4 N–H and O–H groups in total. The molecule has 0 saturated heterocycles. The lowest BCUT2D eigenvalue weighted by molar-refractivity contribution is -0.135. The zero-order valence-electron chi connectivity index (χ0n) is 20.0. The number of rotatable bonds is 8. The first-order valence-corrected chi connectivity index (χ1v) is 11.6. The van der Waals surface area contributed by atoms with Gasteiger partial charge in [0.2, 0.25) is 11.8 Å². The highest BCUT2D eigenvalue weighted by molar-refractivity contribution is 5.96. The summed E-state index contributed by atoms with van der Waals surface area (Å²) < 4.78 is 26.0. The molecule has 0 unspecified atom stereocenters. The molecule has 2 aromatic carbocycles. The second-order valence-electron chi connectivity index (χ2n) is 8.76. The molecule has 0 bridgehead atoms. The number of aliphatic hydroxyl groups excluding tert-OH is 3. The number of hydrogen-bond acceptors (Lipinski definition) is 7. The summed E-state index contributed by atoms with van der Waals surface area (Å²) in [6.07, 6.45) is -0.734. The lowest BCUT2D eigenvalue weighted by Crippen LogP contribution is -2.55. The van der Waals surface area contributed by atoms with E-state index in [2.05, 4.69) is 5.32 Å². The zero-order chi connectivity index (χ0) is 26.0. The van der Waals surface area contributed by atoms with Crippen LogP contribution in [0.5, 0.6) is 11.5 Å². The van der Waals surface area contributed by atoms with Gasteiger partial charge in [-0.15, -0.1) is 0 Å². The number of nitrogens with zero attached hydrogens (tertiary/aromatic N) is 1. The summed E-state index contributed by atoms with van der Waals surface area (Å²) >= 11 is 0. The van der Waals surface area contributed by atoms with Gasteiger partial charge in [-0.1, -0.05) is 18.2 Å². The number of benzene rings is 2. The van der Waals surface area contributed by atoms with Gasteiger partial charge in [0.25, 0.3) is 0 Å². The summed E-state index contributed by atoms with van der Waals surface area (Å²) in [6.45, 7) is 0.623. The predicted octanol–water partition coefficient (Wildman–Crippen LogP) is 0.998. The Balaban J connectivity index is 1.81. The van der Waals surface area contributed by atoms with E-state index in [4.69, 9.17) is 9.47 Å². The fourth-order valence-electron chi connectivity index (χ4n) is 4.86. The standard InChI is InChI=1S/C26H29FN2O7/c1-14(32)29(12-16-5-3-4-6-19(16)27)20-11-18(26(34)28-7-8-30)22-17-9-15(13-31)10-21(35-2)24(17)36-25(22)23(20)33/h3-6,9-11,20,22-23,25,30-31,33H,7-8,12-13H2,1-2H3,(H,28,34)/t20-,22+,23+,25+/m1/s1. The summed E-state index contributed by atoms with van der Waals surface area (Å²) in [5, 5.41) is 33.0. The van der Waals surface area contributed by atoms with E-state index < -0.39 is 41.8 Å². The lowest BCUT2D eigenvalue weighted by atomic mass is 9.77. The Morgan fingerprint density at radius 1 is 1.22 bits per heavy atom. The Labute approximate surface area is 207 Å². The normalized spacial score (nSPS) is 22.1. The molecule has 0 aromatic heterocycles. The predicted molar refractivity (Wildman–Crippen MR) is 127 cm³/mol. The van der Waals surface area contributed by atoms with Crippen molar-refractivity contribution in [2.45, 2.75) is 44.2 Å². The van der Waals surface area contributed by atoms with Gasteiger partial charge in [-0.25, -0.2) is 4.39 Å². The summed E-state index contributed by atoms with van der Waals surface area (Å²) in [5.74, 6) is -1.50.